The molecule has 7 aliphatic heterocycles. The summed E-state index contributed by atoms with van der Waals surface area (Å²) < 4.78 is 45.3. The molecule has 0 saturated carbocycles. The Morgan fingerprint density at radius 1 is 0.288 bits per heavy atom. The van der Waals surface area contributed by atoms with Crippen LogP contribution in [0.5, 0.6) is 23.0 Å². The maximum absolute atomic E-state index is 12.7. The summed E-state index contributed by atoms with van der Waals surface area (Å²) in [5, 5.41) is 0. The molecule has 4 aromatic rings. The second-order valence-electron chi connectivity index (χ2n) is 11.4. The van der Waals surface area contributed by atoms with Crippen LogP contribution in [0.15, 0.2) is 109 Å². The minimum absolute atomic E-state index is 0.103. The van der Waals surface area contributed by atoms with Gasteiger partial charge in [-0.05, 0) is 96.1 Å². The first-order valence-corrected chi connectivity index (χ1v) is 17.3. The van der Waals surface area contributed by atoms with Gasteiger partial charge in [-0.1, -0.05) is 36.4 Å². The predicted octanol–water partition coefficient (Wildman–Crippen LogP) is 6.77. The molecule has 4 aromatic carbocycles. The maximum Gasteiger partial charge on any atom is 0.185 e. The standard InChI is InChI=1S/C42H44O10/c43-41-19-5-33-1-11-37(12-2-33)49-29-25-45-21-23-47-27-32-52-40-17-9-36(10-18-40)42(44)20-6-34-3-13-38(14-4-34)50-30-26-46-22-24-48-28-31-51-39-15-7-35(41)8-16-39/h1-20H,21-32H2. The van der Waals surface area contributed by atoms with Gasteiger partial charge in [-0.25, -0.2) is 0 Å². The van der Waals surface area contributed by atoms with Crippen LogP contribution >= 0.6 is 0 Å². The Labute approximate surface area is 304 Å². The number of benzene rings is 4. The first kappa shape index (κ1) is 38.0. The quantitative estimate of drug-likeness (QED) is 0.194. The Hall–Kier alpha value is -5.26. The van der Waals surface area contributed by atoms with E-state index in [9.17, 15) is 9.59 Å². The maximum atomic E-state index is 12.7. The van der Waals surface area contributed by atoms with E-state index in [1.807, 2.05) is 48.5 Å². The van der Waals surface area contributed by atoms with Crippen molar-refractivity contribution < 1.29 is 47.5 Å². The van der Waals surface area contributed by atoms with Crippen molar-refractivity contribution in [1.29, 1.82) is 0 Å². The zero-order valence-electron chi connectivity index (χ0n) is 29.1. The van der Waals surface area contributed by atoms with Gasteiger partial charge in [-0.15, -0.1) is 0 Å². The average Bonchev–Trinajstić information content (AvgIpc) is 3.18. The van der Waals surface area contributed by atoms with Crippen molar-refractivity contribution in [2.45, 2.75) is 0 Å². The number of hydrogen-bond acceptors (Lipinski definition) is 10. The molecule has 8 bridgehead atoms. The third-order valence-electron chi connectivity index (χ3n) is 7.62. The summed E-state index contributed by atoms with van der Waals surface area (Å²) in [5.74, 6) is 2.53. The largest absolute Gasteiger partial charge is 0.491 e. The minimum Gasteiger partial charge on any atom is -0.491 e. The Morgan fingerprint density at radius 2 is 0.538 bits per heavy atom. The molecule has 10 heteroatoms. The van der Waals surface area contributed by atoms with Crippen molar-refractivity contribution in [3.05, 3.63) is 131 Å². The molecule has 0 saturated heterocycles. The van der Waals surface area contributed by atoms with Crippen LogP contribution in [0.3, 0.4) is 0 Å². The molecule has 0 aromatic heterocycles. The molecule has 0 atom stereocenters. The summed E-state index contributed by atoms with van der Waals surface area (Å²) >= 11 is 0. The number of ketones is 2. The van der Waals surface area contributed by atoms with Crippen LogP contribution in [-0.4, -0.2) is 90.8 Å². The second-order valence-corrected chi connectivity index (χ2v) is 11.4. The summed E-state index contributed by atoms with van der Waals surface area (Å²) in [6.45, 7) is 4.93. The minimum atomic E-state index is -0.103. The van der Waals surface area contributed by atoms with Crippen LogP contribution in [0.25, 0.3) is 12.2 Å². The monoisotopic (exact) mass is 708 g/mol. The summed E-state index contributed by atoms with van der Waals surface area (Å²) in [6.07, 6.45) is 6.64. The smallest absolute Gasteiger partial charge is 0.185 e. The molecule has 0 N–H and O–H groups in total. The Bertz CT molecular complexity index is 1570. The van der Waals surface area contributed by atoms with Crippen molar-refractivity contribution in [1.82, 2.24) is 0 Å². The van der Waals surface area contributed by atoms with Gasteiger partial charge in [0.1, 0.15) is 49.4 Å². The highest BCUT2D eigenvalue weighted by atomic mass is 16.6. The van der Waals surface area contributed by atoms with Crippen LogP contribution < -0.4 is 18.9 Å². The van der Waals surface area contributed by atoms with Crippen LogP contribution in [-0.2, 0) is 18.9 Å². The van der Waals surface area contributed by atoms with Crippen molar-refractivity contribution in [2.75, 3.05) is 79.3 Å². The molecule has 11 rings (SSSR count). The normalized spacial score (nSPS) is 16.5. The number of carbonyl (C=O) groups excluding carboxylic acids is 2. The van der Waals surface area contributed by atoms with Crippen LogP contribution in [0.4, 0.5) is 0 Å². The average molecular weight is 709 g/mol. The first-order valence-electron chi connectivity index (χ1n) is 17.3. The highest BCUT2D eigenvalue weighted by Crippen LogP contribution is 2.17. The van der Waals surface area contributed by atoms with Crippen LogP contribution in [0.2, 0.25) is 0 Å². The molecule has 7 heterocycles. The van der Waals surface area contributed by atoms with Crippen molar-refractivity contribution >= 4 is 23.7 Å². The zero-order valence-corrected chi connectivity index (χ0v) is 29.1. The molecular formula is C42H44O10. The van der Waals surface area contributed by atoms with E-state index >= 15 is 0 Å². The van der Waals surface area contributed by atoms with E-state index < -0.39 is 0 Å². The summed E-state index contributed by atoms with van der Waals surface area (Å²) in [4.78, 5) is 25.3. The molecule has 0 aliphatic carbocycles. The molecule has 272 valence electrons. The zero-order chi connectivity index (χ0) is 36.1. The van der Waals surface area contributed by atoms with Gasteiger partial charge in [-0.2, -0.15) is 0 Å². The van der Waals surface area contributed by atoms with Crippen molar-refractivity contribution in [3.63, 3.8) is 0 Å². The number of allylic oxidation sites excluding steroid dienone is 2. The second kappa shape index (κ2) is 21.8. The summed E-state index contributed by atoms with van der Waals surface area (Å²) in [6, 6.07) is 29.0. The van der Waals surface area contributed by atoms with E-state index in [4.69, 9.17) is 37.9 Å². The van der Waals surface area contributed by atoms with Gasteiger partial charge >= 0.3 is 0 Å². The number of hydrogen-bond donors (Lipinski definition) is 0. The van der Waals surface area contributed by atoms with E-state index in [-0.39, 0.29) is 11.6 Å². The van der Waals surface area contributed by atoms with E-state index in [1.165, 1.54) is 0 Å². The molecule has 0 radical (unpaired) electrons. The van der Waals surface area contributed by atoms with E-state index in [0.29, 0.717) is 113 Å². The lowest BCUT2D eigenvalue weighted by atomic mass is 10.1. The van der Waals surface area contributed by atoms with Gasteiger partial charge in [-0.3, -0.25) is 9.59 Å². The lowest BCUT2D eigenvalue weighted by molar-refractivity contribution is 0.0273. The molecule has 52 heavy (non-hydrogen) atoms. The fourth-order valence-electron chi connectivity index (χ4n) is 4.84. The number of rotatable bonds is 0. The fourth-order valence-corrected chi connectivity index (χ4v) is 4.84. The third-order valence-corrected chi connectivity index (χ3v) is 7.62. The van der Waals surface area contributed by atoms with Crippen molar-refractivity contribution in [3.8, 4) is 23.0 Å². The van der Waals surface area contributed by atoms with Gasteiger partial charge in [0.05, 0.1) is 52.9 Å². The third kappa shape index (κ3) is 13.8. The van der Waals surface area contributed by atoms with Gasteiger partial charge in [0, 0.05) is 11.1 Å². The summed E-state index contributed by atoms with van der Waals surface area (Å²) in [7, 11) is 0. The fraction of sp³-hybridized carbons (Fsp3) is 0.286. The Balaban J connectivity index is 1.08. The van der Waals surface area contributed by atoms with Crippen LogP contribution in [0.1, 0.15) is 31.8 Å². The SMILES string of the molecule is O=C1C=Cc2ccc(cc2)OCCOCCOCCOc2ccc(cc2)C(=O)C=Cc2ccc(cc2)OCCOCCOCCOc2ccc1cc2. The van der Waals surface area contributed by atoms with Gasteiger partial charge in [0.2, 0.25) is 0 Å². The van der Waals surface area contributed by atoms with E-state index in [0.717, 1.165) is 11.1 Å². The van der Waals surface area contributed by atoms with Crippen molar-refractivity contribution in [2.24, 2.45) is 0 Å². The molecule has 0 spiro atoms. The van der Waals surface area contributed by atoms with E-state index in [2.05, 4.69) is 0 Å². The van der Waals surface area contributed by atoms with Crippen LogP contribution in [0, 0.1) is 0 Å². The molecular weight excluding hydrogens is 664 g/mol. The Morgan fingerprint density at radius 3 is 0.827 bits per heavy atom. The van der Waals surface area contributed by atoms with E-state index in [1.54, 1.807) is 72.8 Å². The summed E-state index contributed by atoms with van der Waals surface area (Å²) in [5.41, 5.74) is 2.90. The predicted molar refractivity (Wildman–Crippen MR) is 198 cm³/mol. The molecule has 0 amide bonds. The highest BCUT2D eigenvalue weighted by molar-refractivity contribution is 6.07. The first-order chi connectivity index (χ1) is 25.6. The lowest BCUT2D eigenvalue weighted by Crippen LogP contribution is -2.13. The topological polar surface area (TPSA) is 108 Å². The van der Waals surface area contributed by atoms with Gasteiger partial charge in [0.15, 0.2) is 11.6 Å². The Kier molecular flexibility index (Phi) is 16.0. The molecule has 10 nitrogen and oxygen atoms in total. The van der Waals surface area contributed by atoms with Gasteiger partial charge < -0.3 is 37.9 Å². The molecule has 0 unspecified atom stereocenters. The van der Waals surface area contributed by atoms with Gasteiger partial charge in [0.25, 0.3) is 0 Å². The number of carbonyl (C=O) groups is 2. The number of ether oxygens (including phenoxy) is 8. The molecule has 7 aliphatic rings. The highest BCUT2D eigenvalue weighted by Gasteiger charge is 2.05. The lowest BCUT2D eigenvalue weighted by Gasteiger charge is -2.09. The molecule has 0 fully saturated rings.